The molecule has 2 nitrogen and oxygen atoms in total. The Morgan fingerprint density at radius 1 is 1.03 bits per heavy atom. The van der Waals surface area contributed by atoms with Crippen LogP contribution >= 0.6 is 0 Å². The Kier molecular flexibility index (Phi) is 6.95. The van der Waals surface area contributed by atoms with E-state index in [1.807, 2.05) is 0 Å². The number of aromatic carboxylic acids is 1. The van der Waals surface area contributed by atoms with Crippen molar-refractivity contribution < 1.29 is 27.5 Å². The molecule has 1 N–H and O–H groups in total. The quantitative estimate of drug-likeness (QED) is 0.304. The Morgan fingerprint density at radius 2 is 1.67 bits per heavy atom. The summed E-state index contributed by atoms with van der Waals surface area (Å²) in [6, 6.07) is 4.12. The fraction of sp³-hybridized carbons (Fsp3) is 0.375. The maximum atomic E-state index is 15.1. The first-order valence-corrected chi connectivity index (χ1v) is 10.2. The zero-order chi connectivity index (χ0) is 21.8. The van der Waals surface area contributed by atoms with E-state index >= 15 is 4.39 Å². The van der Waals surface area contributed by atoms with Crippen LogP contribution < -0.4 is 0 Å². The summed E-state index contributed by atoms with van der Waals surface area (Å²) in [5.41, 5.74) is -0.460. The molecule has 1 aliphatic carbocycles. The van der Waals surface area contributed by atoms with Crippen molar-refractivity contribution in [2.24, 2.45) is 5.92 Å². The van der Waals surface area contributed by atoms with Gasteiger partial charge in [-0.25, -0.2) is 22.4 Å². The van der Waals surface area contributed by atoms with Crippen LogP contribution in [0, 0.1) is 29.2 Å². The predicted molar refractivity (Wildman–Crippen MR) is 107 cm³/mol. The third-order valence-electron chi connectivity index (χ3n) is 5.75. The normalized spacial score (nSPS) is 19.4. The first kappa shape index (κ1) is 22.1. The van der Waals surface area contributed by atoms with Gasteiger partial charge in [-0.15, -0.1) is 0 Å². The summed E-state index contributed by atoms with van der Waals surface area (Å²) in [6.45, 7) is 2.11. The molecule has 30 heavy (non-hydrogen) atoms. The van der Waals surface area contributed by atoms with E-state index in [1.54, 1.807) is 0 Å². The van der Waals surface area contributed by atoms with Crippen molar-refractivity contribution in [1.82, 2.24) is 0 Å². The molecule has 6 heteroatoms. The second kappa shape index (κ2) is 9.45. The number of hydrogen-bond donors (Lipinski definition) is 1. The van der Waals surface area contributed by atoms with E-state index in [0.29, 0.717) is 23.6 Å². The zero-order valence-electron chi connectivity index (χ0n) is 16.7. The number of unbranched alkanes of at least 4 members (excludes halogenated alkanes) is 1. The van der Waals surface area contributed by atoms with Crippen LogP contribution in [0.25, 0.3) is 11.1 Å². The van der Waals surface area contributed by atoms with Gasteiger partial charge in [0.05, 0.1) is 5.56 Å². The minimum Gasteiger partial charge on any atom is -0.478 e. The van der Waals surface area contributed by atoms with Crippen molar-refractivity contribution in [2.75, 3.05) is 0 Å². The van der Waals surface area contributed by atoms with Gasteiger partial charge in [0.15, 0.2) is 17.5 Å². The third-order valence-corrected chi connectivity index (χ3v) is 5.75. The number of rotatable bonds is 6. The molecule has 160 valence electrons. The molecule has 0 aliphatic heterocycles. The second-order valence-electron chi connectivity index (χ2n) is 7.78. The van der Waals surface area contributed by atoms with E-state index in [2.05, 4.69) is 19.1 Å². The number of carboxylic acid groups (broad SMARTS) is 1. The Bertz CT molecular complexity index is 937. The number of benzene rings is 2. The number of carbonyl (C=O) groups is 1. The molecule has 0 heterocycles. The molecular formula is C24H24F4O2. The van der Waals surface area contributed by atoms with Gasteiger partial charge in [0.25, 0.3) is 0 Å². The van der Waals surface area contributed by atoms with Gasteiger partial charge in [-0.1, -0.05) is 31.6 Å². The summed E-state index contributed by atoms with van der Waals surface area (Å²) >= 11 is 0. The van der Waals surface area contributed by atoms with Gasteiger partial charge in [-0.3, -0.25) is 0 Å². The molecule has 0 radical (unpaired) electrons. The van der Waals surface area contributed by atoms with E-state index in [0.717, 1.165) is 38.5 Å². The lowest BCUT2D eigenvalue weighted by atomic mass is 9.76. The molecule has 2 aromatic carbocycles. The molecule has 3 rings (SSSR count). The summed E-state index contributed by atoms with van der Waals surface area (Å²) in [5.74, 6) is -6.72. The molecule has 1 aliphatic rings. The van der Waals surface area contributed by atoms with Crippen LogP contribution in [0.2, 0.25) is 0 Å². The summed E-state index contributed by atoms with van der Waals surface area (Å²) in [6.07, 6.45) is 9.74. The van der Waals surface area contributed by atoms with Crippen molar-refractivity contribution in [3.8, 4) is 11.1 Å². The van der Waals surface area contributed by atoms with Gasteiger partial charge in [-0.05, 0) is 73.3 Å². The van der Waals surface area contributed by atoms with Crippen LogP contribution in [-0.4, -0.2) is 11.1 Å². The number of hydrogen-bond acceptors (Lipinski definition) is 1. The third kappa shape index (κ3) is 4.58. The van der Waals surface area contributed by atoms with Crippen molar-refractivity contribution >= 4 is 5.97 Å². The number of halogens is 4. The van der Waals surface area contributed by atoms with E-state index in [4.69, 9.17) is 0 Å². The van der Waals surface area contributed by atoms with Gasteiger partial charge in [0, 0.05) is 5.56 Å². The Hall–Kier alpha value is -2.63. The Morgan fingerprint density at radius 3 is 2.23 bits per heavy atom. The first-order chi connectivity index (χ1) is 14.3. The molecule has 0 atom stereocenters. The van der Waals surface area contributed by atoms with Gasteiger partial charge < -0.3 is 5.11 Å². The summed E-state index contributed by atoms with van der Waals surface area (Å²) in [7, 11) is 0. The van der Waals surface area contributed by atoms with Gasteiger partial charge in [0.1, 0.15) is 5.82 Å². The molecule has 0 aromatic heterocycles. The maximum absolute atomic E-state index is 15.1. The first-order valence-electron chi connectivity index (χ1n) is 10.2. The molecular weight excluding hydrogens is 396 g/mol. The van der Waals surface area contributed by atoms with Crippen LogP contribution in [-0.2, 0) is 0 Å². The average molecular weight is 420 g/mol. The van der Waals surface area contributed by atoms with Crippen LogP contribution in [0.5, 0.6) is 0 Å². The highest BCUT2D eigenvalue weighted by atomic mass is 19.2. The lowest BCUT2D eigenvalue weighted by Crippen LogP contribution is -2.14. The van der Waals surface area contributed by atoms with E-state index in [9.17, 15) is 23.1 Å². The topological polar surface area (TPSA) is 37.3 Å². The number of allylic oxidation sites excluding steroid dienone is 2. The molecule has 0 spiro atoms. The monoisotopic (exact) mass is 420 g/mol. The maximum Gasteiger partial charge on any atom is 0.338 e. The SMILES string of the molecule is CCCC=CC1CCC(c2ccc(C(=O)O)c(F)c2-c2cc(F)c(F)c(F)c2)CC1. The predicted octanol–water partition coefficient (Wildman–Crippen LogP) is 7.24. The average Bonchev–Trinajstić information content (AvgIpc) is 2.72. The lowest BCUT2D eigenvalue weighted by molar-refractivity contribution is 0.0692. The largest absolute Gasteiger partial charge is 0.478 e. The summed E-state index contributed by atoms with van der Waals surface area (Å²) < 4.78 is 56.2. The molecule has 0 bridgehead atoms. The van der Waals surface area contributed by atoms with Gasteiger partial charge >= 0.3 is 5.97 Å². The second-order valence-corrected chi connectivity index (χ2v) is 7.78. The van der Waals surface area contributed by atoms with Crippen LogP contribution in [0.15, 0.2) is 36.4 Å². The fourth-order valence-corrected chi connectivity index (χ4v) is 4.17. The van der Waals surface area contributed by atoms with Crippen LogP contribution in [0.4, 0.5) is 17.6 Å². The van der Waals surface area contributed by atoms with Crippen molar-refractivity contribution in [2.45, 2.75) is 51.4 Å². The molecule has 0 unspecified atom stereocenters. The smallest absolute Gasteiger partial charge is 0.338 e. The molecule has 2 aromatic rings. The summed E-state index contributed by atoms with van der Waals surface area (Å²) in [4.78, 5) is 11.4. The van der Waals surface area contributed by atoms with Gasteiger partial charge in [0.2, 0.25) is 0 Å². The highest BCUT2D eigenvalue weighted by molar-refractivity contribution is 5.90. The number of carboxylic acids is 1. The van der Waals surface area contributed by atoms with Crippen molar-refractivity contribution in [3.63, 3.8) is 0 Å². The highest BCUT2D eigenvalue weighted by Crippen LogP contribution is 2.42. The van der Waals surface area contributed by atoms with Gasteiger partial charge in [-0.2, -0.15) is 0 Å². The van der Waals surface area contributed by atoms with E-state index in [-0.39, 0.29) is 17.0 Å². The van der Waals surface area contributed by atoms with Crippen LogP contribution in [0.3, 0.4) is 0 Å². The molecule has 1 saturated carbocycles. The fourth-order valence-electron chi connectivity index (χ4n) is 4.17. The van der Waals surface area contributed by atoms with E-state index in [1.165, 1.54) is 12.1 Å². The Labute approximate surface area is 173 Å². The highest BCUT2D eigenvalue weighted by Gasteiger charge is 2.28. The Balaban J connectivity index is 2.00. The lowest BCUT2D eigenvalue weighted by Gasteiger charge is -2.29. The molecule has 0 amide bonds. The minimum atomic E-state index is -1.64. The van der Waals surface area contributed by atoms with Crippen LogP contribution in [0.1, 0.15) is 67.3 Å². The zero-order valence-corrected chi connectivity index (χ0v) is 16.7. The van der Waals surface area contributed by atoms with Crippen molar-refractivity contribution in [3.05, 3.63) is 70.8 Å². The molecule has 0 saturated heterocycles. The van der Waals surface area contributed by atoms with E-state index < -0.39 is 34.8 Å². The summed E-state index contributed by atoms with van der Waals surface area (Å²) in [5, 5.41) is 9.27. The molecule has 1 fully saturated rings. The standard InChI is InChI=1S/C24H24F4O2/c1-2-3-4-5-14-6-8-15(9-7-14)17-10-11-18(24(29)30)22(27)21(17)16-12-19(25)23(28)20(26)13-16/h4-5,10-15H,2-3,6-9H2,1H3,(H,29,30). The van der Waals surface area contributed by atoms with Crippen molar-refractivity contribution in [1.29, 1.82) is 0 Å². The minimum absolute atomic E-state index is 0.0793.